The van der Waals surface area contributed by atoms with E-state index < -0.39 is 11.9 Å². The van der Waals surface area contributed by atoms with Crippen LogP contribution in [-0.4, -0.2) is 24.4 Å². The highest BCUT2D eigenvalue weighted by atomic mass is 35.5. The number of benzene rings is 1. The molecule has 0 spiro atoms. The molecule has 0 unspecified atom stereocenters. The molecule has 4 nitrogen and oxygen atoms in total. The fourth-order valence-electron chi connectivity index (χ4n) is 2.31. The Kier molecular flexibility index (Phi) is 9.14. The zero-order valence-corrected chi connectivity index (χ0v) is 14.6. The van der Waals surface area contributed by atoms with E-state index >= 15 is 0 Å². The van der Waals surface area contributed by atoms with Crippen molar-refractivity contribution in [2.45, 2.75) is 51.4 Å². The number of rotatable bonds is 8. The molecule has 0 aromatic heterocycles. The molecule has 0 atom stereocenters. The number of carbonyl (C=O) groups is 1. The summed E-state index contributed by atoms with van der Waals surface area (Å²) < 4.78 is 41.1. The first kappa shape index (κ1) is 22.5. The molecule has 3 N–H and O–H groups in total. The van der Waals surface area contributed by atoms with Gasteiger partial charge in [-0.25, -0.2) is 0 Å². The number of hydrogen-bond donors (Lipinski definition) is 2. The fraction of sp³-hybridized carbons (Fsp3) is 0.562. The predicted octanol–water partition coefficient (Wildman–Crippen LogP) is 3.57. The van der Waals surface area contributed by atoms with Crippen LogP contribution in [0.15, 0.2) is 24.3 Å². The number of nitrogens with one attached hydrogen (secondary N) is 1. The first-order valence-electron chi connectivity index (χ1n) is 7.60. The number of carbonyl (C=O) groups excluding carboxylic acids is 1. The van der Waals surface area contributed by atoms with Crippen LogP contribution in [-0.2, 0) is 11.2 Å². The molecule has 8 heteroatoms. The Balaban J connectivity index is 0.00000529. The van der Waals surface area contributed by atoms with Gasteiger partial charge in [-0.2, -0.15) is 0 Å². The van der Waals surface area contributed by atoms with Gasteiger partial charge in [0.2, 0.25) is 5.91 Å². The number of hydrogen-bond acceptors (Lipinski definition) is 3. The van der Waals surface area contributed by atoms with E-state index in [1.165, 1.54) is 18.2 Å². The molecule has 0 fully saturated rings. The van der Waals surface area contributed by atoms with Crippen LogP contribution in [0.3, 0.4) is 0 Å². The van der Waals surface area contributed by atoms with E-state index in [2.05, 4.69) is 10.1 Å². The summed E-state index contributed by atoms with van der Waals surface area (Å²) in [6.45, 7) is 4.19. The summed E-state index contributed by atoms with van der Waals surface area (Å²) in [5.41, 5.74) is 5.60. The maximum absolute atomic E-state index is 12.4. The Hall–Kier alpha value is -1.47. The van der Waals surface area contributed by atoms with Crippen molar-refractivity contribution in [2.75, 3.05) is 6.54 Å². The second kappa shape index (κ2) is 9.74. The van der Waals surface area contributed by atoms with Crippen LogP contribution < -0.4 is 15.8 Å². The molecule has 0 heterocycles. The smallest absolute Gasteiger partial charge is 0.406 e. The van der Waals surface area contributed by atoms with Crippen molar-refractivity contribution < 1.29 is 22.7 Å². The van der Waals surface area contributed by atoms with E-state index in [-0.39, 0.29) is 36.9 Å². The summed E-state index contributed by atoms with van der Waals surface area (Å²) in [6.07, 6.45) is -3.14. The van der Waals surface area contributed by atoms with Gasteiger partial charge in [-0.1, -0.05) is 32.0 Å². The van der Waals surface area contributed by atoms with Crippen LogP contribution in [0.25, 0.3) is 0 Å². The Bertz CT molecular complexity index is 512. The topological polar surface area (TPSA) is 64.3 Å². The van der Waals surface area contributed by atoms with Gasteiger partial charge in [0.15, 0.2) is 0 Å². The Morgan fingerprint density at radius 3 is 2.29 bits per heavy atom. The summed E-state index contributed by atoms with van der Waals surface area (Å²) >= 11 is 0. The normalized spacial score (nSPS) is 11.6. The lowest BCUT2D eigenvalue weighted by Gasteiger charge is -2.31. The lowest BCUT2D eigenvalue weighted by Crippen LogP contribution is -2.52. The number of ether oxygens (including phenoxy) is 1. The van der Waals surface area contributed by atoms with Crippen molar-refractivity contribution in [2.24, 2.45) is 5.73 Å². The zero-order chi connectivity index (χ0) is 17.5. The highest BCUT2D eigenvalue weighted by Crippen LogP contribution is 2.27. The summed E-state index contributed by atoms with van der Waals surface area (Å²) in [4.78, 5) is 12.1. The van der Waals surface area contributed by atoms with E-state index in [0.29, 0.717) is 24.9 Å². The van der Waals surface area contributed by atoms with Crippen LogP contribution in [0, 0.1) is 0 Å². The number of nitrogens with two attached hydrogens (primary N) is 1. The highest BCUT2D eigenvalue weighted by molar-refractivity contribution is 5.85. The summed E-state index contributed by atoms with van der Waals surface area (Å²) in [7, 11) is 0. The molecule has 24 heavy (non-hydrogen) atoms. The summed E-state index contributed by atoms with van der Waals surface area (Å²) in [5, 5.41) is 2.89. The zero-order valence-electron chi connectivity index (χ0n) is 13.8. The highest BCUT2D eigenvalue weighted by Gasteiger charge is 2.32. The molecule has 1 rings (SSSR count). The largest absolute Gasteiger partial charge is 0.573 e. The summed E-state index contributed by atoms with van der Waals surface area (Å²) in [6, 6.07) is 5.82. The van der Waals surface area contributed by atoms with Crippen molar-refractivity contribution in [1.82, 2.24) is 5.32 Å². The quantitative estimate of drug-likeness (QED) is 0.737. The van der Waals surface area contributed by atoms with Gasteiger partial charge in [-0.15, -0.1) is 25.6 Å². The van der Waals surface area contributed by atoms with Gasteiger partial charge in [0.1, 0.15) is 5.75 Å². The van der Waals surface area contributed by atoms with Gasteiger partial charge in [0.25, 0.3) is 0 Å². The van der Waals surface area contributed by atoms with Gasteiger partial charge in [-0.05, 0) is 30.9 Å². The maximum Gasteiger partial charge on any atom is 0.573 e. The Morgan fingerprint density at radius 2 is 1.79 bits per heavy atom. The molecule has 0 bridgehead atoms. The molecule has 138 valence electrons. The van der Waals surface area contributed by atoms with Gasteiger partial charge in [0.05, 0.1) is 5.54 Å². The van der Waals surface area contributed by atoms with E-state index in [0.717, 1.165) is 0 Å². The predicted molar refractivity (Wildman–Crippen MR) is 89.2 cm³/mol. The average Bonchev–Trinajstić information content (AvgIpc) is 2.50. The molecule has 1 aromatic carbocycles. The lowest BCUT2D eigenvalue weighted by molar-refractivity contribution is -0.274. The minimum absolute atomic E-state index is 0. The SMILES string of the molecule is CCC(CC)(CN)NC(=O)CCc1ccccc1OC(F)(F)F.Cl. The van der Waals surface area contributed by atoms with Crippen LogP contribution in [0.2, 0.25) is 0 Å². The van der Waals surface area contributed by atoms with E-state index in [4.69, 9.17) is 5.73 Å². The third-order valence-electron chi connectivity index (χ3n) is 3.97. The molecule has 1 aromatic rings. The van der Waals surface area contributed by atoms with Crippen LogP contribution in [0.5, 0.6) is 5.75 Å². The van der Waals surface area contributed by atoms with Gasteiger partial charge < -0.3 is 15.8 Å². The lowest BCUT2D eigenvalue weighted by atomic mass is 9.92. The second-order valence-electron chi connectivity index (χ2n) is 5.40. The van der Waals surface area contributed by atoms with Crippen molar-refractivity contribution in [3.8, 4) is 5.75 Å². The van der Waals surface area contributed by atoms with E-state index in [9.17, 15) is 18.0 Å². The molecule has 0 aliphatic heterocycles. The molecular formula is C16H24ClF3N2O2. The number of halogens is 4. The van der Waals surface area contributed by atoms with Crippen LogP contribution in [0.1, 0.15) is 38.7 Å². The van der Waals surface area contributed by atoms with Gasteiger partial charge >= 0.3 is 6.36 Å². The molecule has 1 amide bonds. The average molecular weight is 369 g/mol. The van der Waals surface area contributed by atoms with Crippen molar-refractivity contribution in [3.05, 3.63) is 29.8 Å². The van der Waals surface area contributed by atoms with Crippen molar-refractivity contribution in [3.63, 3.8) is 0 Å². The minimum atomic E-state index is -4.75. The first-order chi connectivity index (χ1) is 10.7. The molecule has 0 saturated carbocycles. The molecule has 0 aliphatic carbocycles. The van der Waals surface area contributed by atoms with Crippen molar-refractivity contribution in [1.29, 1.82) is 0 Å². The summed E-state index contributed by atoms with van der Waals surface area (Å²) in [5.74, 6) is -0.509. The van der Waals surface area contributed by atoms with E-state index in [1.807, 2.05) is 13.8 Å². The molecule has 0 saturated heterocycles. The maximum atomic E-state index is 12.4. The third kappa shape index (κ3) is 6.97. The number of aryl methyl sites for hydroxylation is 1. The fourth-order valence-corrected chi connectivity index (χ4v) is 2.31. The Morgan fingerprint density at radius 1 is 1.21 bits per heavy atom. The number of alkyl halides is 3. The second-order valence-corrected chi connectivity index (χ2v) is 5.40. The molecule has 0 aliphatic rings. The van der Waals surface area contributed by atoms with Crippen molar-refractivity contribution >= 4 is 18.3 Å². The van der Waals surface area contributed by atoms with E-state index in [1.54, 1.807) is 6.07 Å². The number of para-hydroxylation sites is 1. The van der Waals surface area contributed by atoms with Gasteiger partial charge in [0, 0.05) is 13.0 Å². The van der Waals surface area contributed by atoms with Gasteiger partial charge in [-0.3, -0.25) is 4.79 Å². The minimum Gasteiger partial charge on any atom is -0.406 e. The third-order valence-corrected chi connectivity index (χ3v) is 3.97. The van der Waals surface area contributed by atoms with Crippen LogP contribution >= 0.6 is 12.4 Å². The Labute approximate surface area is 146 Å². The standard InChI is InChI=1S/C16H23F3N2O2.ClH/c1-3-15(4-2,11-20)21-14(22)10-9-12-7-5-6-8-13(12)23-16(17,18)19;/h5-8H,3-4,9-11,20H2,1-2H3,(H,21,22);1H. The number of amides is 1. The van der Waals surface area contributed by atoms with Crippen LogP contribution in [0.4, 0.5) is 13.2 Å². The molecule has 0 radical (unpaired) electrons. The molecular weight excluding hydrogens is 345 g/mol. The monoisotopic (exact) mass is 368 g/mol. The first-order valence-corrected chi connectivity index (χ1v) is 7.60.